The Bertz CT molecular complexity index is 162. The number of carbonyl (C=O) groups is 1. The van der Waals surface area contributed by atoms with E-state index in [4.69, 9.17) is 4.74 Å². The Kier molecular flexibility index (Phi) is 4.22. The van der Waals surface area contributed by atoms with Gasteiger partial charge in [0.1, 0.15) is 6.10 Å². The number of esters is 1. The minimum atomic E-state index is -0.0492. The topological polar surface area (TPSA) is 30.7 Å². The van der Waals surface area contributed by atoms with Crippen molar-refractivity contribution in [3.63, 3.8) is 0 Å². The third-order valence-corrected chi connectivity index (χ3v) is 2.35. The number of carbonyl (C=O) groups excluding carboxylic acids is 1. The minimum absolute atomic E-state index is 0.0492. The van der Waals surface area contributed by atoms with Crippen molar-refractivity contribution in [1.82, 2.24) is 0 Å². The summed E-state index contributed by atoms with van der Waals surface area (Å²) in [5.74, 6) is -0.0492. The maximum absolute atomic E-state index is 11.3. The molecule has 1 aliphatic carbocycles. The van der Waals surface area contributed by atoms with Gasteiger partial charge in [0.05, 0.1) is 14.1 Å². The molecule has 1 rings (SSSR count). The molecule has 1 aliphatic rings. The van der Waals surface area contributed by atoms with E-state index >= 15 is 0 Å². The molecule has 0 heterocycles. The maximum Gasteiger partial charge on any atom is 0.361 e. The molecule has 0 aromatic carbocycles. The molecule has 0 bridgehead atoms. The summed E-state index contributed by atoms with van der Waals surface area (Å²) in [7, 11) is 3.92. The fourth-order valence-corrected chi connectivity index (χ4v) is 1.70. The summed E-state index contributed by atoms with van der Waals surface area (Å²) in [6.45, 7) is 0.483. The summed E-state index contributed by atoms with van der Waals surface area (Å²) in [4.78, 5) is 12.4. The molecule has 0 aromatic rings. The highest BCUT2D eigenvalue weighted by atomic mass is 16.5. The molecule has 0 spiro atoms. The van der Waals surface area contributed by atoms with Crippen LogP contribution in [0.1, 0.15) is 32.1 Å². The number of likely N-dealkylation sites (N-methyl/N-ethyl adjacent to an activating group) is 1. The molecule has 0 amide bonds. The van der Waals surface area contributed by atoms with E-state index in [1.54, 1.807) is 0 Å². The van der Waals surface area contributed by atoms with Crippen molar-refractivity contribution in [2.75, 3.05) is 20.6 Å². The van der Waals surface area contributed by atoms with Gasteiger partial charge in [-0.2, -0.15) is 0 Å². The van der Waals surface area contributed by atoms with Crippen LogP contribution < -0.4 is 4.90 Å². The Balaban J connectivity index is 2.18. The Hall–Kier alpha value is -0.570. The van der Waals surface area contributed by atoms with Crippen LogP contribution in [-0.2, 0) is 9.53 Å². The van der Waals surface area contributed by atoms with Crippen LogP contribution in [0.25, 0.3) is 0 Å². The van der Waals surface area contributed by atoms with Crippen LogP contribution in [0.3, 0.4) is 0 Å². The van der Waals surface area contributed by atoms with Gasteiger partial charge >= 0.3 is 5.97 Å². The first-order valence-electron chi connectivity index (χ1n) is 5.17. The highest BCUT2D eigenvalue weighted by Crippen LogP contribution is 2.19. The van der Waals surface area contributed by atoms with Gasteiger partial charge in [0.15, 0.2) is 6.54 Å². The zero-order chi connectivity index (χ0) is 9.68. The molecule has 0 aromatic heterocycles. The quantitative estimate of drug-likeness (QED) is 0.629. The van der Waals surface area contributed by atoms with E-state index in [1.165, 1.54) is 19.3 Å². The van der Waals surface area contributed by atoms with Gasteiger partial charge < -0.3 is 9.64 Å². The summed E-state index contributed by atoms with van der Waals surface area (Å²) in [6.07, 6.45) is 6.07. The largest absolute Gasteiger partial charge is 0.458 e. The third kappa shape index (κ3) is 4.27. The second-order valence-electron chi connectivity index (χ2n) is 4.13. The summed E-state index contributed by atoms with van der Waals surface area (Å²) in [5, 5.41) is 0. The van der Waals surface area contributed by atoms with Gasteiger partial charge in [-0.3, -0.25) is 0 Å². The molecule has 0 atom stereocenters. The van der Waals surface area contributed by atoms with Crippen molar-refractivity contribution in [2.24, 2.45) is 0 Å². The van der Waals surface area contributed by atoms with E-state index in [-0.39, 0.29) is 12.1 Å². The van der Waals surface area contributed by atoms with E-state index in [0.717, 1.165) is 17.7 Å². The van der Waals surface area contributed by atoms with Crippen molar-refractivity contribution in [2.45, 2.75) is 38.2 Å². The van der Waals surface area contributed by atoms with Crippen LogP contribution in [0, 0.1) is 0 Å². The van der Waals surface area contributed by atoms with Gasteiger partial charge in [-0.25, -0.2) is 4.79 Å². The van der Waals surface area contributed by atoms with Crippen LogP contribution in [0.15, 0.2) is 0 Å². The zero-order valence-corrected chi connectivity index (χ0v) is 8.64. The Morgan fingerprint density at radius 3 is 2.46 bits per heavy atom. The fourth-order valence-electron chi connectivity index (χ4n) is 1.70. The first kappa shape index (κ1) is 10.5. The van der Waals surface area contributed by atoms with Crippen molar-refractivity contribution in [1.29, 1.82) is 0 Å². The van der Waals surface area contributed by atoms with Gasteiger partial charge in [-0.1, -0.05) is 6.42 Å². The highest BCUT2D eigenvalue weighted by molar-refractivity contribution is 5.70. The summed E-state index contributed by atoms with van der Waals surface area (Å²) in [5.41, 5.74) is 0. The second-order valence-corrected chi connectivity index (χ2v) is 4.13. The third-order valence-electron chi connectivity index (χ3n) is 2.35. The lowest BCUT2D eigenvalue weighted by molar-refractivity contribution is -0.850. The van der Waals surface area contributed by atoms with Crippen molar-refractivity contribution in [3.05, 3.63) is 0 Å². The lowest BCUT2D eigenvalue weighted by Crippen LogP contribution is -3.06. The number of hydrogen-bond donors (Lipinski definition) is 1. The van der Waals surface area contributed by atoms with Gasteiger partial charge in [-0.05, 0) is 25.7 Å². The van der Waals surface area contributed by atoms with E-state index in [0.29, 0.717) is 6.54 Å². The molecule has 3 heteroatoms. The SMILES string of the molecule is C[NH+](C)CC(=O)OC1CCCCC1. The molecule has 0 saturated heterocycles. The average Bonchev–Trinajstić information content (AvgIpc) is 2.04. The van der Waals surface area contributed by atoms with Crippen LogP contribution in [0.2, 0.25) is 0 Å². The smallest absolute Gasteiger partial charge is 0.361 e. The van der Waals surface area contributed by atoms with Crippen LogP contribution >= 0.6 is 0 Å². The summed E-state index contributed by atoms with van der Waals surface area (Å²) >= 11 is 0. The maximum atomic E-state index is 11.3. The number of rotatable bonds is 3. The lowest BCUT2D eigenvalue weighted by Gasteiger charge is -2.21. The van der Waals surface area contributed by atoms with E-state index in [1.807, 2.05) is 14.1 Å². The summed E-state index contributed by atoms with van der Waals surface area (Å²) in [6, 6.07) is 0. The van der Waals surface area contributed by atoms with Crippen LogP contribution in [0.4, 0.5) is 0 Å². The summed E-state index contributed by atoms with van der Waals surface area (Å²) < 4.78 is 5.34. The Morgan fingerprint density at radius 2 is 1.92 bits per heavy atom. The molecule has 1 saturated carbocycles. The van der Waals surface area contributed by atoms with Gasteiger partial charge in [-0.15, -0.1) is 0 Å². The molecule has 0 aliphatic heterocycles. The van der Waals surface area contributed by atoms with Gasteiger partial charge in [0.2, 0.25) is 0 Å². The lowest BCUT2D eigenvalue weighted by atomic mass is 9.98. The fraction of sp³-hybridized carbons (Fsp3) is 0.900. The molecule has 0 radical (unpaired) electrons. The van der Waals surface area contributed by atoms with Crippen molar-refractivity contribution in [3.8, 4) is 0 Å². The van der Waals surface area contributed by atoms with E-state index in [2.05, 4.69) is 0 Å². The Labute approximate surface area is 80.1 Å². The van der Waals surface area contributed by atoms with Crippen molar-refractivity contribution < 1.29 is 14.4 Å². The Morgan fingerprint density at radius 1 is 1.31 bits per heavy atom. The predicted molar refractivity (Wildman–Crippen MR) is 50.6 cm³/mol. The van der Waals surface area contributed by atoms with Crippen molar-refractivity contribution >= 4 is 5.97 Å². The van der Waals surface area contributed by atoms with Crippen LogP contribution in [0.5, 0.6) is 0 Å². The first-order chi connectivity index (χ1) is 6.18. The first-order valence-corrected chi connectivity index (χ1v) is 5.17. The molecule has 1 fully saturated rings. The molecule has 3 nitrogen and oxygen atoms in total. The monoisotopic (exact) mass is 186 g/mol. The zero-order valence-electron chi connectivity index (χ0n) is 8.64. The van der Waals surface area contributed by atoms with Crippen LogP contribution in [-0.4, -0.2) is 32.7 Å². The molecule has 1 N–H and O–H groups in total. The number of quaternary nitrogens is 1. The van der Waals surface area contributed by atoms with Gasteiger partial charge in [0, 0.05) is 0 Å². The van der Waals surface area contributed by atoms with Gasteiger partial charge in [0.25, 0.3) is 0 Å². The average molecular weight is 186 g/mol. The molecule has 76 valence electrons. The van der Waals surface area contributed by atoms with E-state index in [9.17, 15) is 4.79 Å². The molecular weight excluding hydrogens is 166 g/mol. The molecule has 13 heavy (non-hydrogen) atoms. The normalized spacial score (nSPS) is 19.0. The standard InChI is InChI=1S/C10H19NO2/c1-11(2)8-10(12)13-9-6-4-3-5-7-9/h9H,3-8H2,1-2H3/p+1. The molecule has 0 unspecified atom stereocenters. The molecular formula is C10H20NO2+. The minimum Gasteiger partial charge on any atom is -0.458 e. The predicted octanol–water partition coefficient (Wildman–Crippen LogP) is 0.00680. The number of ether oxygens (including phenoxy) is 1. The second kappa shape index (κ2) is 5.22. The number of nitrogens with one attached hydrogen (secondary N) is 1. The number of hydrogen-bond acceptors (Lipinski definition) is 2. The van der Waals surface area contributed by atoms with E-state index < -0.39 is 0 Å². The highest BCUT2D eigenvalue weighted by Gasteiger charge is 2.18.